The molecule has 0 saturated heterocycles. The van der Waals surface area contributed by atoms with Crippen LogP contribution in [0.2, 0.25) is 0 Å². The predicted molar refractivity (Wildman–Crippen MR) is 65.8 cm³/mol. The number of ether oxygens (including phenoxy) is 1. The Morgan fingerprint density at radius 2 is 2.12 bits per heavy atom. The minimum Gasteiger partial charge on any atom is -0.462 e. The van der Waals surface area contributed by atoms with Crippen molar-refractivity contribution in [1.82, 2.24) is 0 Å². The summed E-state index contributed by atoms with van der Waals surface area (Å²) in [5.74, 6) is -0.245. The van der Waals surface area contributed by atoms with E-state index in [-0.39, 0.29) is 5.97 Å². The standard InChI is InChI=1S/C14H18O2/c1-5-7-12-10(3)8-9-13(11(12)4)14(15)16-6-2/h5,8-9H,1,6-7H2,2-4H3. The van der Waals surface area contributed by atoms with E-state index >= 15 is 0 Å². The topological polar surface area (TPSA) is 26.3 Å². The molecule has 0 amide bonds. The Kier molecular flexibility index (Phi) is 4.29. The molecule has 0 aromatic heterocycles. The summed E-state index contributed by atoms with van der Waals surface area (Å²) in [4.78, 5) is 11.7. The van der Waals surface area contributed by atoms with Gasteiger partial charge in [0.15, 0.2) is 0 Å². The number of allylic oxidation sites excluding steroid dienone is 1. The van der Waals surface area contributed by atoms with E-state index in [4.69, 9.17) is 4.74 Å². The lowest BCUT2D eigenvalue weighted by Crippen LogP contribution is -2.09. The molecule has 0 atom stereocenters. The van der Waals surface area contributed by atoms with E-state index in [1.807, 2.05) is 39.0 Å². The van der Waals surface area contributed by atoms with E-state index in [1.54, 1.807) is 0 Å². The van der Waals surface area contributed by atoms with Gasteiger partial charge in [0, 0.05) is 0 Å². The first-order valence-corrected chi connectivity index (χ1v) is 5.48. The van der Waals surface area contributed by atoms with Crippen LogP contribution in [-0.2, 0) is 11.2 Å². The lowest BCUT2D eigenvalue weighted by atomic mass is 9.95. The third-order valence-corrected chi connectivity index (χ3v) is 2.68. The average molecular weight is 218 g/mol. The molecule has 0 aliphatic heterocycles. The van der Waals surface area contributed by atoms with Gasteiger partial charge in [-0.2, -0.15) is 0 Å². The van der Waals surface area contributed by atoms with E-state index in [2.05, 4.69) is 6.58 Å². The molecular weight excluding hydrogens is 200 g/mol. The number of aryl methyl sites for hydroxylation is 1. The van der Waals surface area contributed by atoms with Crippen molar-refractivity contribution in [3.63, 3.8) is 0 Å². The number of rotatable bonds is 4. The molecule has 2 heteroatoms. The zero-order chi connectivity index (χ0) is 12.1. The first kappa shape index (κ1) is 12.5. The first-order chi connectivity index (χ1) is 7.61. The van der Waals surface area contributed by atoms with Crippen LogP contribution in [0.25, 0.3) is 0 Å². The summed E-state index contributed by atoms with van der Waals surface area (Å²) in [5, 5.41) is 0. The van der Waals surface area contributed by atoms with Crippen molar-refractivity contribution < 1.29 is 9.53 Å². The molecule has 0 N–H and O–H groups in total. The summed E-state index contributed by atoms with van der Waals surface area (Å²) >= 11 is 0. The number of benzene rings is 1. The summed E-state index contributed by atoms with van der Waals surface area (Å²) in [6.45, 7) is 9.95. The van der Waals surface area contributed by atoms with Crippen molar-refractivity contribution in [2.24, 2.45) is 0 Å². The highest BCUT2D eigenvalue weighted by molar-refractivity contribution is 5.91. The summed E-state index contributed by atoms with van der Waals surface area (Å²) < 4.78 is 5.02. The summed E-state index contributed by atoms with van der Waals surface area (Å²) in [7, 11) is 0. The van der Waals surface area contributed by atoms with Gasteiger partial charge in [-0.25, -0.2) is 4.79 Å². The summed E-state index contributed by atoms with van der Waals surface area (Å²) in [6, 6.07) is 3.79. The van der Waals surface area contributed by atoms with Gasteiger partial charge in [-0.3, -0.25) is 0 Å². The highest BCUT2D eigenvalue weighted by atomic mass is 16.5. The molecule has 1 aromatic carbocycles. The molecule has 0 fully saturated rings. The molecular formula is C14H18O2. The Balaban J connectivity index is 3.17. The lowest BCUT2D eigenvalue weighted by Gasteiger charge is -2.12. The Bertz CT molecular complexity index is 405. The highest BCUT2D eigenvalue weighted by Gasteiger charge is 2.13. The van der Waals surface area contributed by atoms with Crippen molar-refractivity contribution in [2.75, 3.05) is 6.61 Å². The largest absolute Gasteiger partial charge is 0.462 e. The van der Waals surface area contributed by atoms with E-state index in [1.165, 1.54) is 11.1 Å². The Morgan fingerprint density at radius 1 is 1.44 bits per heavy atom. The van der Waals surface area contributed by atoms with Gasteiger partial charge in [0.25, 0.3) is 0 Å². The molecule has 1 aromatic rings. The second-order valence-electron chi connectivity index (χ2n) is 3.75. The van der Waals surface area contributed by atoms with E-state index in [0.29, 0.717) is 12.2 Å². The molecule has 0 spiro atoms. The maximum Gasteiger partial charge on any atom is 0.338 e. The third-order valence-electron chi connectivity index (χ3n) is 2.68. The number of hydrogen-bond acceptors (Lipinski definition) is 2. The van der Waals surface area contributed by atoms with Gasteiger partial charge in [-0.1, -0.05) is 12.1 Å². The number of carbonyl (C=O) groups is 1. The number of hydrogen-bond donors (Lipinski definition) is 0. The minimum absolute atomic E-state index is 0.245. The molecule has 0 aliphatic carbocycles. The lowest BCUT2D eigenvalue weighted by molar-refractivity contribution is 0.0525. The smallest absolute Gasteiger partial charge is 0.338 e. The molecule has 0 aliphatic rings. The van der Waals surface area contributed by atoms with Gasteiger partial charge < -0.3 is 4.74 Å². The van der Waals surface area contributed by atoms with Crippen LogP contribution in [0.5, 0.6) is 0 Å². The van der Waals surface area contributed by atoms with Crippen LogP contribution in [0, 0.1) is 13.8 Å². The van der Waals surface area contributed by atoms with Gasteiger partial charge in [0.1, 0.15) is 0 Å². The number of carbonyl (C=O) groups excluding carboxylic acids is 1. The summed E-state index contributed by atoms with van der Waals surface area (Å²) in [5.41, 5.74) is 4.01. The molecule has 0 saturated carbocycles. The van der Waals surface area contributed by atoms with Crippen LogP contribution in [-0.4, -0.2) is 12.6 Å². The van der Waals surface area contributed by atoms with Crippen molar-refractivity contribution in [1.29, 1.82) is 0 Å². The second kappa shape index (κ2) is 5.50. The minimum atomic E-state index is -0.245. The molecule has 86 valence electrons. The average Bonchev–Trinajstić information content (AvgIpc) is 2.24. The van der Waals surface area contributed by atoms with Gasteiger partial charge in [-0.05, 0) is 49.9 Å². The maximum absolute atomic E-state index is 11.7. The van der Waals surface area contributed by atoms with Gasteiger partial charge in [-0.15, -0.1) is 6.58 Å². The van der Waals surface area contributed by atoms with E-state index in [9.17, 15) is 4.79 Å². The van der Waals surface area contributed by atoms with E-state index < -0.39 is 0 Å². The maximum atomic E-state index is 11.7. The highest BCUT2D eigenvalue weighted by Crippen LogP contribution is 2.20. The van der Waals surface area contributed by atoms with Crippen molar-refractivity contribution in [2.45, 2.75) is 27.2 Å². The van der Waals surface area contributed by atoms with Crippen LogP contribution < -0.4 is 0 Å². The number of esters is 1. The third kappa shape index (κ3) is 2.51. The van der Waals surface area contributed by atoms with Crippen molar-refractivity contribution in [3.05, 3.63) is 47.0 Å². The van der Waals surface area contributed by atoms with Crippen LogP contribution in [0.4, 0.5) is 0 Å². The molecule has 0 heterocycles. The Hall–Kier alpha value is -1.57. The SMILES string of the molecule is C=CCc1c(C)ccc(C(=O)OCC)c1C. The quantitative estimate of drug-likeness (QED) is 0.573. The van der Waals surface area contributed by atoms with Gasteiger partial charge in [0.05, 0.1) is 12.2 Å². The molecule has 1 rings (SSSR count). The molecule has 0 unspecified atom stereocenters. The zero-order valence-electron chi connectivity index (χ0n) is 10.2. The fourth-order valence-corrected chi connectivity index (χ4v) is 1.78. The van der Waals surface area contributed by atoms with Crippen LogP contribution in [0.15, 0.2) is 24.8 Å². The fourth-order valence-electron chi connectivity index (χ4n) is 1.78. The second-order valence-corrected chi connectivity index (χ2v) is 3.75. The molecule has 2 nitrogen and oxygen atoms in total. The van der Waals surface area contributed by atoms with Crippen LogP contribution in [0.3, 0.4) is 0 Å². The molecule has 0 bridgehead atoms. The van der Waals surface area contributed by atoms with Gasteiger partial charge >= 0.3 is 5.97 Å². The Labute approximate surface area is 96.9 Å². The normalized spacial score (nSPS) is 9.94. The fraction of sp³-hybridized carbons (Fsp3) is 0.357. The predicted octanol–water partition coefficient (Wildman–Crippen LogP) is 3.21. The van der Waals surface area contributed by atoms with E-state index in [0.717, 1.165) is 12.0 Å². The Morgan fingerprint density at radius 3 is 2.69 bits per heavy atom. The van der Waals surface area contributed by atoms with Gasteiger partial charge in [0.2, 0.25) is 0 Å². The van der Waals surface area contributed by atoms with Crippen molar-refractivity contribution >= 4 is 5.97 Å². The van der Waals surface area contributed by atoms with Crippen LogP contribution >= 0.6 is 0 Å². The molecule has 16 heavy (non-hydrogen) atoms. The molecule has 0 radical (unpaired) electrons. The summed E-state index contributed by atoms with van der Waals surface area (Å²) in [6.07, 6.45) is 2.63. The first-order valence-electron chi connectivity index (χ1n) is 5.48. The van der Waals surface area contributed by atoms with Crippen molar-refractivity contribution in [3.8, 4) is 0 Å². The zero-order valence-corrected chi connectivity index (χ0v) is 10.2. The monoisotopic (exact) mass is 218 g/mol. The van der Waals surface area contributed by atoms with Crippen LogP contribution in [0.1, 0.15) is 34.0 Å².